The Balaban J connectivity index is 1.97. The number of hydrogen-bond donors (Lipinski definition) is 2. The number of carbonyl (C=O) groups is 1. The van der Waals surface area contributed by atoms with Gasteiger partial charge in [-0.15, -0.1) is 0 Å². The Morgan fingerprint density at radius 1 is 1.36 bits per heavy atom. The molecule has 2 N–H and O–H groups in total. The van der Waals surface area contributed by atoms with E-state index in [1.807, 2.05) is 23.9 Å². The van der Waals surface area contributed by atoms with Gasteiger partial charge in [-0.05, 0) is 44.8 Å². The van der Waals surface area contributed by atoms with E-state index in [2.05, 4.69) is 5.16 Å². The summed E-state index contributed by atoms with van der Waals surface area (Å²) in [5.41, 5.74) is 0.623. The van der Waals surface area contributed by atoms with Crippen molar-refractivity contribution < 1.29 is 19.5 Å². The largest absolute Gasteiger partial charge is 0.477 e. The zero-order valence-corrected chi connectivity index (χ0v) is 14.8. The number of carboxylic acid groups (broad SMARTS) is 1. The summed E-state index contributed by atoms with van der Waals surface area (Å²) in [4.78, 5) is 15.6. The molecule has 1 aromatic carbocycles. The molecule has 1 saturated heterocycles. The molecule has 0 saturated carbocycles. The minimum Gasteiger partial charge on any atom is -0.477 e. The molecule has 25 heavy (non-hydrogen) atoms. The number of carboxylic acids is 1. The first-order valence-electron chi connectivity index (χ1n) is 7.97. The van der Waals surface area contributed by atoms with Gasteiger partial charge in [-0.1, -0.05) is 16.8 Å². The summed E-state index contributed by atoms with van der Waals surface area (Å²) in [6, 6.07) is 6.63. The lowest BCUT2D eigenvalue weighted by Crippen LogP contribution is -2.53. The summed E-state index contributed by atoms with van der Waals surface area (Å²) >= 11 is 5.89. The van der Waals surface area contributed by atoms with E-state index in [0.717, 1.165) is 0 Å². The number of aliphatic hydroxyl groups excluding tert-OH is 1. The zero-order valence-electron chi connectivity index (χ0n) is 14.0. The summed E-state index contributed by atoms with van der Waals surface area (Å²) in [5.74, 6) is -0.614. The molecule has 0 aliphatic carbocycles. The monoisotopic (exact) mass is 365 g/mol. The second-order valence-electron chi connectivity index (χ2n) is 6.36. The molecule has 0 spiro atoms. The number of aromatic carboxylic acids is 1. The van der Waals surface area contributed by atoms with Crippen LogP contribution in [0, 0.1) is 0 Å². The molecule has 1 aliphatic heterocycles. The molecule has 3 rings (SSSR count). The number of aromatic nitrogens is 1. The van der Waals surface area contributed by atoms with E-state index < -0.39 is 12.1 Å². The van der Waals surface area contributed by atoms with Gasteiger partial charge in [0.1, 0.15) is 0 Å². The Hall–Kier alpha value is -2.09. The number of halogens is 1. The maximum atomic E-state index is 11.9. The van der Waals surface area contributed by atoms with E-state index in [1.165, 1.54) is 0 Å². The molecule has 134 valence electrons. The zero-order chi connectivity index (χ0) is 18.1. The number of anilines is 1. The van der Waals surface area contributed by atoms with Crippen LogP contribution < -0.4 is 4.90 Å². The van der Waals surface area contributed by atoms with Gasteiger partial charge in [0.05, 0.1) is 12.1 Å². The Morgan fingerprint density at radius 2 is 2.04 bits per heavy atom. The van der Waals surface area contributed by atoms with Gasteiger partial charge >= 0.3 is 5.97 Å². The van der Waals surface area contributed by atoms with Crippen molar-refractivity contribution in [3.05, 3.63) is 34.9 Å². The predicted molar refractivity (Wildman–Crippen MR) is 94.2 cm³/mol. The van der Waals surface area contributed by atoms with Crippen LogP contribution in [0.1, 0.15) is 16.8 Å². The molecular formula is C17H20ClN3O4. The average molecular weight is 366 g/mol. The summed E-state index contributed by atoms with van der Waals surface area (Å²) in [6.07, 6.45) is 0.0765. The Morgan fingerprint density at radius 3 is 2.64 bits per heavy atom. The van der Waals surface area contributed by atoms with Crippen molar-refractivity contribution in [1.82, 2.24) is 10.1 Å². The lowest BCUT2D eigenvalue weighted by atomic mass is 10.0. The molecule has 2 atom stereocenters. The molecular weight excluding hydrogens is 346 g/mol. The van der Waals surface area contributed by atoms with Crippen LogP contribution in [0.2, 0.25) is 5.02 Å². The molecule has 0 bridgehead atoms. The molecule has 1 fully saturated rings. The molecule has 0 amide bonds. The van der Waals surface area contributed by atoms with Crippen LogP contribution in [0.3, 0.4) is 0 Å². The Labute approximate surface area is 150 Å². The van der Waals surface area contributed by atoms with Gasteiger partial charge in [0.15, 0.2) is 17.1 Å². The summed E-state index contributed by atoms with van der Waals surface area (Å²) < 4.78 is 5.37. The van der Waals surface area contributed by atoms with Crippen molar-refractivity contribution in [2.75, 3.05) is 32.1 Å². The molecule has 0 unspecified atom stereocenters. The van der Waals surface area contributed by atoms with Gasteiger partial charge in [0, 0.05) is 23.7 Å². The minimum atomic E-state index is -1.10. The second-order valence-corrected chi connectivity index (χ2v) is 6.79. The van der Waals surface area contributed by atoms with Crippen molar-refractivity contribution in [2.24, 2.45) is 0 Å². The topological polar surface area (TPSA) is 90.0 Å². The van der Waals surface area contributed by atoms with Crippen LogP contribution in [-0.2, 0) is 0 Å². The fourth-order valence-electron chi connectivity index (χ4n) is 3.11. The fraction of sp³-hybridized carbons (Fsp3) is 0.412. The average Bonchev–Trinajstić information content (AvgIpc) is 3.01. The Kier molecular flexibility index (Phi) is 4.99. The summed E-state index contributed by atoms with van der Waals surface area (Å²) in [7, 11) is 3.77. The SMILES string of the molecule is CN(C)[C@H]1CN(c2noc(-c3ccc(Cl)cc3)c2C(=O)O)CC[C@@H]1O. The number of aliphatic hydroxyl groups is 1. The molecule has 1 aromatic heterocycles. The van der Waals surface area contributed by atoms with Gasteiger partial charge < -0.3 is 24.5 Å². The van der Waals surface area contributed by atoms with Crippen molar-refractivity contribution in [2.45, 2.75) is 18.6 Å². The van der Waals surface area contributed by atoms with Crippen LogP contribution in [0.4, 0.5) is 5.82 Å². The third kappa shape index (κ3) is 3.49. The lowest BCUT2D eigenvalue weighted by molar-refractivity contribution is 0.0598. The first kappa shape index (κ1) is 17.7. The van der Waals surface area contributed by atoms with Crippen LogP contribution in [0.5, 0.6) is 0 Å². The maximum Gasteiger partial charge on any atom is 0.343 e. The third-order valence-corrected chi connectivity index (χ3v) is 4.76. The minimum absolute atomic E-state index is 0.0243. The number of piperidine rings is 1. The van der Waals surface area contributed by atoms with Crippen LogP contribution >= 0.6 is 11.6 Å². The van der Waals surface area contributed by atoms with Crippen LogP contribution in [0.15, 0.2) is 28.8 Å². The molecule has 2 heterocycles. The third-order valence-electron chi connectivity index (χ3n) is 4.50. The van der Waals surface area contributed by atoms with Crippen molar-refractivity contribution in [1.29, 1.82) is 0 Å². The van der Waals surface area contributed by atoms with E-state index in [0.29, 0.717) is 30.1 Å². The van der Waals surface area contributed by atoms with Gasteiger partial charge in [0.25, 0.3) is 0 Å². The quantitative estimate of drug-likeness (QED) is 0.858. The molecule has 2 aromatic rings. The summed E-state index contributed by atoms with van der Waals surface area (Å²) in [6.45, 7) is 0.986. The maximum absolute atomic E-state index is 11.9. The van der Waals surface area contributed by atoms with E-state index in [1.54, 1.807) is 24.3 Å². The lowest BCUT2D eigenvalue weighted by Gasteiger charge is -2.39. The fourth-order valence-corrected chi connectivity index (χ4v) is 3.23. The van der Waals surface area contributed by atoms with E-state index >= 15 is 0 Å². The molecule has 0 radical (unpaired) electrons. The van der Waals surface area contributed by atoms with E-state index in [-0.39, 0.29) is 23.2 Å². The first-order chi connectivity index (χ1) is 11.9. The van der Waals surface area contributed by atoms with Crippen molar-refractivity contribution in [3.63, 3.8) is 0 Å². The Bertz CT molecular complexity index is 760. The van der Waals surface area contributed by atoms with Gasteiger partial charge in [-0.25, -0.2) is 4.79 Å². The molecule has 1 aliphatic rings. The number of nitrogens with zero attached hydrogens (tertiary/aromatic N) is 3. The highest BCUT2D eigenvalue weighted by atomic mass is 35.5. The van der Waals surface area contributed by atoms with E-state index in [9.17, 15) is 15.0 Å². The van der Waals surface area contributed by atoms with Gasteiger partial charge in [-0.2, -0.15) is 0 Å². The van der Waals surface area contributed by atoms with Gasteiger partial charge in [-0.3, -0.25) is 0 Å². The number of rotatable bonds is 4. The normalized spacial score (nSPS) is 20.9. The number of benzene rings is 1. The van der Waals surface area contributed by atoms with Gasteiger partial charge in [0.2, 0.25) is 0 Å². The molecule has 7 nitrogen and oxygen atoms in total. The predicted octanol–water partition coefficient (Wildman–Crippen LogP) is 2.19. The standard InChI is InChI=1S/C17H20ClN3O4/c1-20(2)12-9-21(8-7-13(12)22)16-14(17(23)24)15(25-19-16)10-3-5-11(18)6-4-10/h3-6,12-13,22H,7-9H2,1-2H3,(H,23,24)/t12-,13-/m0/s1. The number of likely N-dealkylation sites (N-methyl/N-ethyl adjacent to an activating group) is 1. The van der Waals surface area contributed by atoms with E-state index in [4.69, 9.17) is 16.1 Å². The first-order valence-corrected chi connectivity index (χ1v) is 8.34. The highest BCUT2D eigenvalue weighted by molar-refractivity contribution is 6.30. The highest BCUT2D eigenvalue weighted by Crippen LogP contribution is 2.33. The summed E-state index contributed by atoms with van der Waals surface area (Å²) in [5, 5.41) is 24.4. The van der Waals surface area contributed by atoms with Crippen molar-refractivity contribution in [3.8, 4) is 11.3 Å². The van der Waals surface area contributed by atoms with Crippen molar-refractivity contribution >= 4 is 23.4 Å². The number of hydrogen-bond acceptors (Lipinski definition) is 6. The smallest absolute Gasteiger partial charge is 0.343 e. The molecule has 8 heteroatoms. The second kappa shape index (κ2) is 7.03. The van der Waals surface area contributed by atoms with Crippen LogP contribution in [-0.4, -0.2) is 65.6 Å². The highest BCUT2D eigenvalue weighted by Gasteiger charge is 2.34. The van der Waals surface area contributed by atoms with Crippen LogP contribution in [0.25, 0.3) is 11.3 Å².